The Kier molecular flexibility index (Phi) is 8.58. The number of pyridine rings is 2. The van der Waals surface area contributed by atoms with Crippen molar-refractivity contribution in [2.24, 2.45) is 0 Å². The number of aromatic amines is 1. The van der Waals surface area contributed by atoms with Crippen molar-refractivity contribution in [3.8, 4) is 46.3 Å². The lowest BCUT2D eigenvalue weighted by Gasteiger charge is -2.20. The Morgan fingerprint density at radius 2 is 1.28 bits per heavy atom. The predicted molar refractivity (Wildman–Crippen MR) is 239 cm³/mol. The topological polar surface area (TPSA) is 125 Å². The third kappa shape index (κ3) is 5.86. The van der Waals surface area contributed by atoms with Crippen LogP contribution in [0.15, 0.2) is 97.2 Å². The second-order valence-corrected chi connectivity index (χ2v) is 17.0. The third-order valence-corrected chi connectivity index (χ3v) is 11.3. The SMILES string of the molecule is [C-]#[N+]c1c(C#N)c(C#N)c(-c2cc(-c3ccc4c5cc(C(C)(C)C)ccc5n(-c5ccc6c7ccccc7n(-c7cc(C(C)(C)C)ccn7)c6c5)c4n3)[nH]n2)c([N+]#[C-])c1[N+]#[C-]. The van der Waals surface area contributed by atoms with E-state index >= 15 is 0 Å². The summed E-state index contributed by atoms with van der Waals surface area (Å²) in [5.41, 5.74) is 6.79. The molecule has 290 valence electrons. The summed E-state index contributed by atoms with van der Waals surface area (Å²) in [5, 5.41) is 31.9. The fourth-order valence-electron chi connectivity index (χ4n) is 8.21. The van der Waals surface area contributed by atoms with Gasteiger partial charge in [-0.3, -0.25) is 28.8 Å². The number of fused-ring (bicyclic) bond motifs is 6. The van der Waals surface area contributed by atoms with Gasteiger partial charge in [0.1, 0.15) is 11.5 Å². The van der Waals surface area contributed by atoms with Crippen molar-refractivity contribution in [3.05, 3.63) is 154 Å². The number of nitrogens with zero attached hydrogens (tertiary/aromatic N) is 10. The zero-order chi connectivity index (χ0) is 43.0. The van der Waals surface area contributed by atoms with E-state index in [1.165, 1.54) is 11.1 Å². The van der Waals surface area contributed by atoms with Crippen molar-refractivity contribution in [1.82, 2.24) is 29.3 Å². The Morgan fingerprint density at radius 1 is 0.607 bits per heavy atom. The lowest BCUT2D eigenvalue weighted by Crippen LogP contribution is -2.12. The minimum absolute atomic E-state index is 0.0195. The Hall–Kier alpha value is -8.56. The number of hydrogen-bond acceptors (Lipinski definition) is 5. The fourth-order valence-corrected chi connectivity index (χ4v) is 8.21. The number of para-hydroxylation sites is 1. The molecule has 61 heavy (non-hydrogen) atoms. The minimum Gasteiger partial charge on any atom is -0.294 e. The molecular weight excluding hydrogens is 755 g/mol. The third-order valence-electron chi connectivity index (χ3n) is 11.3. The van der Waals surface area contributed by atoms with E-state index < -0.39 is 0 Å². The average Bonchev–Trinajstić information content (AvgIpc) is 3.97. The van der Waals surface area contributed by atoms with E-state index in [1.54, 1.807) is 6.07 Å². The molecule has 5 heterocycles. The number of nitrogens with one attached hydrogen (secondary N) is 1. The average molecular weight is 790 g/mol. The molecule has 0 fully saturated rings. The van der Waals surface area contributed by atoms with E-state index in [4.69, 9.17) is 29.7 Å². The van der Waals surface area contributed by atoms with Crippen molar-refractivity contribution < 1.29 is 0 Å². The molecule has 0 radical (unpaired) electrons. The van der Waals surface area contributed by atoms with E-state index in [2.05, 4.69) is 148 Å². The number of rotatable bonds is 4. The predicted octanol–water partition coefficient (Wildman–Crippen LogP) is 12.7. The molecule has 0 amide bonds. The molecule has 9 rings (SSSR count). The van der Waals surface area contributed by atoms with Gasteiger partial charge in [-0.2, -0.15) is 15.6 Å². The van der Waals surface area contributed by atoms with Crippen molar-refractivity contribution in [2.75, 3.05) is 0 Å². The standard InChI is InChI=1S/C50H35N11/c1-49(2,3)28-14-19-41-34(22-28)33-17-18-37(38-25-39(59-58-38)44-35(26-51)36(27-52)45(53-7)47(55-9)46(44)54-8)57-48(33)60(41)30-15-16-32-31-12-10-11-13-40(31)61(42(32)24-30)43-23-29(20-21-56-43)50(4,5)6/h10-25H,1-6H3,(H,58,59). The summed E-state index contributed by atoms with van der Waals surface area (Å²) in [4.78, 5) is 20.5. The van der Waals surface area contributed by atoms with Crippen LogP contribution in [0.3, 0.4) is 0 Å². The summed E-state index contributed by atoms with van der Waals surface area (Å²) in [6.45, 7) is 36.5. The van der Waals surface area contributed by atoms with Gasteiger partial charge in [-0.25, -0.2) is 9.97 Å². The molecule has 0 unspecified atom stereocenters. The summed E-state index contributed by atoms with van der Waals surface area (Å²) in [7, 11) is 0. The highest BCUT2D eigenvalue weighted by Crippen LogP contribution is 2.50. The highest BCUT2D eigenvalue weighted by molar-refractivity contribution is 6.12. The van der Waals surface area contributed by atoms with Crippen LogP contribution in [0.5, 0.6) is 0 Å². The first kappa shape index (κ1) is 38.0. The van der Waals surface area contributed by atoms with Gasteiger partial charge in [0.05, 0.1) is 76.6 Å². The molecule has 0 aliphatic carbocycles. The van der Waals surface area contributed by atoms with Crippen LogP contribution in [0.1, 0.15) is 63.8 Å². The van der Waals surface area contributed by atoms with Crippen LogP contribution >= 0.6 is 0 Å². The first-order chi connectivity index (χ1) is 29.3. The molecule has 5 aromatic heterocycles. The summed E-state index contributed by atoms with van der Waals surface area (Å²) in [6.07, 6.45) is 1.88. The number of nitriles is 2. The Bertz CT molecular complexity index is 3510. The van der Waals surface area contributed by atoms with Crippen LogP contribution in [0.4, 0.5) is 17.1 Å². The van der Waals surface area contributed by atoms with E-state index in [9.17, 15) is 10.5 Å². The molecule has 0 aliphatic rings. The summed E-state index contributed by atoms with van der Waals surface area (Å²) < 4.78 is 4.40. The molecule has 0 spiro atoms. The Balaban J connectivity index is 1.29. The zero-order valence-electron chi connectivity index (χ0n) is 34.2. The second-order valence-electron chi connectivity index (χ2n) is 17.0. The van der Waals surface area contributed by atoms with E-state index in [0.717, 1.165) is 49.6 Å². The van der Waals surface area contributed by atoms with Gasteiger partial charge in [0.2, 0.25) is 11.4 Å². The maximum atomic E-state index is 10.2. The van der Waals surface area contributed by atoms with Gasteiger partial charge < -0.3 is 0 Å². The van der Waals surface area contributed by atoms with Crippen LogP contribution in [0.25, 0.3) is 92.4 Å². The van der Waals surface area contributed by atoms with E-state index in [0.29, 0.717) is 17.0 Å². The van der Waals surface area contributed by atoms with Gasteiger partial charge in [-0.05, 0) is 82.6 Å². The molecule has 0 aliphatic heterocycles. The molecule has 0 saturated carbocycles. The van der Waals surface area contributed by atoms with Crippen molar-refractivity contribution >= 4 is 60.8 Å². The zero-order valence-corrected chi connectivity index (χ0v) is 34.2. The van der Waals surface area contributed by atoms with Crippen LogP contribution < -0.4 is 0 Å². The van der Waals surface area contributed by atoms with Gasteiger partial charge in [-0.1, -0.05) is 71.9 Å². The van der Waals surface area contributed by atoms with Crippen LogP contribution in [-0.4, -0.2) is 29.3 Å². The lowest BCUT2D eigenvalue weighted by molar-refractivity contribution is 0.588. The highest BCUT2D eigenvalue weighted by atomic mass is 15.1. The largest absolute Gasteiger partial charge is 0.294 e. The molecule has 11 heteroatoms. The Morgan fingerprint density at radius 3 is 1.98 bits per heavy atom. The normalized spacial score (nSPS) is 11.7. The lowest BCUT2D eigenvalue weighted by atomic mass is 9.86. The maximum Gasteiger partial charge on any atom is 0.203 e. The summed E-state index contributed by atoms with van der Waals surface area (Å²) in [6, 6.07) is 35.2. The highest BCUT2D eigenvalue weighted by Gasteiger charge is 2.28. The van der Waals surface area contributed by atoms with Crippen molar-refractivity contribution in [2.45, 2.75) is 52.4 Å². The quantitative estimate of drug-likeness (QED) is 0.178. The van der Waals surface area contributed by atoms with Gasteiger partial charge in [0, 0.05) is 39.0 Å². The van der Waals surface area contributed by atoms with Crippen molar-refractivity contribution in [3.63, 3.8) is 0 Å². The first-order valence-electron chi connectivity index (χ1n) is 19.5. The van der Waals surface area contributed by atoms with Crippen LogP contribution in [0.2, 0.25) is 0 Å². The maximum absolute atomic E-state index is 10.2. The number of hydrogen-bond donors (Lipinski definition) is 1. The first-order valence-corrected chi connectivity index (χ1v) is 19.5. The molecule has 9 aromatic rings. The fraction of sp³-hybridized carbons (Fsp3) is 0.160. The van der Waals surface area contributed by atoms with Crippen LogP contribution in [0, 0.1) is 42.4 Å². The monoisotopic (exact) mass is 789 g/mol. The van der Waals surface area contributed by atoms with Gasteiger partial charge >= 0.3 is 0 Å². The van der Waals surface area contributed by atoms with Gasteiger partial charge in [-0.15, -0.1) is 0 Å². The van der Waals surface area contributed by atoms with E-state index in [-0.39, 0.29) is 50.3 Å². The van der Waals surface area contributed by atoms with E-state index in [1.807, 2.05) is 30.5 Å². The van der Waals surface area contributed by atoms with Gasteiger partial charge in [0.15, 0.2) is 5.69 Å². The molecule has 1 N–H and O–H groups in total. The smallest absolute Gasteiger partial charge is 0.203 e. The molecule has 0 bridgehead atoms. The summed E-state index contributed by atoms with van der Waals surface area (Å²) >= 11 is 0. The van der Waals surface area contributed by atoms with Crippen molar-refractivity contribution in [1.29, 1.82) is 10.5 Å². The van der Waals surface area contributed by atoms with Crippen LogP contribution in [-0.2, 0) is 10.8 Å². The number of aromatic nitrogens is 6. The number of benzene rings is 4. The molecule has 11 nitrogen and oxygen atoms in total. The minimum atomic E-state index is -0.317. The summed E-state index contributed by atoms with van der Waals surface area (Å²) in [5.74, 6) is 0.832. The Labute approximate surface area is 351 Å². The van der Waals surface area contributed by atoms with Gasteiger partial charge in [0.25, 0.3) is 0 Å². The molecule has 0 atom stereocenters. The second kappa shape index (κ2) is 13.8. The molecule has 0 saturated heterocycles. The molecular formula is C50H35N11. The number of H-pyrrole nitrogens is 1. The molecule has 4 aromatic carbocycles.